The maximum atomic E-state index is 11.4. The van der Waals surface area contributed by atoms with Gasteiger partial charge in [0.2, 0.25) is 0 Å². The van der Waals surface area contributed by atoms with Gasteiger partial charge in [-0.15, -0.1) is 0 Å². The van der Waals surface area contributed by atoms with E-state index in [1.807, 2.05) is 0 Å². The molecule has 0 aromatic heterocycles. The minimum absolute atomic E-state index is 0.0719. The Labute approximate surface area is 141 Å². The Hall–Kier alpha value is -2.07. The number of hydrogen-bond donors (Lipinski definition) is 5. The topological polar surface area (TPSA) is 138 Å². The van der Waals surface area contributed by atoms with E-state index in [4.69, 9.17) is 14.6 Å². The van der Waals surface area contributed by atoms with Crippen LogP contribution in [-0.4, -0.2) is 47.6 Å². The fraction of sp³-hybridized carbons (Fsp3) is 0.786. The summed E-state index contributed by atoms with van der Waals surface area (Å²) in [6.07, 6.45) is -1.43. The van der Waals surface area contributed by atoms with E-state index in [1.165, 1.54) is 0 Å². The van der Waals surface area contributed by atoms with Crippen molar-refractivity contribution in [3.8, 4) is 0 Å². The first kappa shape index (κ1) is 21.9. The lowest BCUT2D eigenvalue weighted by molar-refractivity contribution is -0.141. The van der Waals surface area contributed by atoms with Crippen LogP contribution in [0.15, 0.2) is 0 Å². The molecule has 0 unspecified atom stereocenters. The number of aliphatic carboxylic acids is 1. The second-order valence-corrected chi connectivity index (χ2v) is 7.05. The van der Waals surface area contributed by atoms with Gasteiger partial charge in [-0.1, -0.05) is 0 Å². The molecule has 10 nitrogen and oxygen atoms in total. The number of carboxylic acid groups (broad SMARTS) is 1. The molecule has 0 heterocycles. The molecule has 0 aliphatic heterocycles. The number of carboxylic acids is 1. The first-order valence-corrected chi connectivity index (χ1v) is 7.46. The zero-order valence-corrected chi connectivity index (χ0v) is 15.0. The van der Waals surface area contributed by atoms with Gasteiger partial charge in [-0.2, -0.15) is 0 Å². The van der Waals surface area contributed by atoms with Crippen LogP contribution >= 0.6 is 0 Å². The van der Waals surface area contributed by atoms with E-state index in [9.17, 15) is 14.4 Å². The van der Waals surface area contributed by atoms with Gasteiger partial charge in [0.05, 0.1) is 5.92 Å². The molecule has 0 radical (unpaired) electrons. The molecular formula is C14H28N4O6. The van der Waals surface area contributed by atoms with Gasteiger partial charge < -0.3 is 14.6 Å². The van der Waals surface area contributed by atoms with Gasteiger partial charge in [0.25, 0.3) is 0 Å². The summed E-state index contributed by atoms with van der Waals surface area (Å²) in [5, 5.41) is 9.11. The van der Waals surface area contributed by atoms with Crippen LogP contribution in [0, 0.1) is 5.92 Å². The second-order valence-electron chi connectivity index (χ2n) is 7.05. The van der Waals surface area contributed by atoms with E-state index in [0.717, 1.165) is 0 Å². The fourth-order valence-corrected chi connectivity index (χ4v) is 1.35. The number of carbonyl (C=O) groups excluding carboxylic acids is 2. The molecule has 0 saturated heterocycles. The maximum absolute atomic E-state index is 11.4. The lowest BCUT2D eigenvalue weighted by Crippen LogP contribution is -2.49. The van der Waals surface area contributed by atoms with E-state index in [1.54, 1.807) is 41.5 Å². The number of hydrazine groups is 2. The number of nitrogens with one attached hydrogen (secondary N) is 4. The average Bonchev–Trinajstić information content (AvgIpc) is 2.32. The third kappa shape index (κ3) is 12.5. The van der Waals surface area contributed by atoms with E-state index in [2.05, 4.69) is 21.7 Å². The van der Waals surface area contributed by atoms with Crippen molar-refractivity contribution in [2.45, 2.75) is 52.7 Å². The number of rotatable bonds is 7. The average molecular weight is 348 g/mol. The van der Waals surface area contributed by atoms with E-state index in [-0.39, 0.29) is 13.1 Å². The van der Waals surface area contributed by atoms with Crippen LogP contribution < -0.4 is 21.7 Å². The zero-order valence-electron chi connectivity index (χ0n) is 15.0. The Morgan fingerprint density at radius 2 is 1.17 bits per heavy atom. The van der Waals surface area contributed by atoms with Crippen molar-refractivity contribution in [1.82, 2.24) is 21.7 Å². The maximum Gasteiger partial charge on any atom is 0.422 e. The summed E-state index contributed by atoms with van der Waals surface area (Å²) in [7, 11) is 0. The second kappa shape index (κ2) is 9.28. The first-order valence-electron chi connectivity index (χ1n) is 7.46. The van der Waals surface area contributed by atoms with Crippen LogP contribution in [0.25, 0.3) is 0 Å². The Balaban J connectivity index is 4.13. The predicted octanol–water partition coefficient (Wildman–Crippen LogP) is 0.746. The normalized spacial score (nSPS) is 11.8. The van der Waals surface area contributed by atoms with Gasteiger partial charge in [0.1, 0.15) is 11.2 Å². The van der Waals surface area contributed by atoms with E-state index in [0.29, 0.717) is 0 Å². The summed E-state index contributed by atoms with van der Waals surface area (Å²) >= 11 is 0. The van der Waals surface area contributed by atoms with Crippen molar-refractivity contribution in [1.29, 1.82) is 0 Å². The smallest absolute Gasteiger partial charge is 0.422 e. The number of hydrogen-bond acceptors (Lipinski definition) is 7. The monoisotopic (exact) mass is 348 g/mol. The third-order valence-corrected chi connectivity index (χ3v) is 2.22. The van der Waals surface area contributed by atoms with Gasteiger partial charge in [-0.05, 0) is 41.5 Å². The molecule has 2 amide bonds. The Bertz CT molecular complexity index is 408. The van der Waals surface area contributed by atoms with Gasteiger partial charge in [0, 0.05) is 13.1 Å². The van der Waals surface area contributed by atoms with Crippen LogP contribution in [0.3, 0.4) is 0 Å². The zero-order chi connectivity index (χ0) is 19.0. The molecule has 0 bridgehead atoms. The summed E-state index contributed by atoms with van der Waals surface area (Å²) in [5.74, 6) is -2.01. The highest BCUT2D eigenvalue weighted by atomic mass is 16.6. The minimum Gasteiger partial charge on any atom is -0.481 e. The molecule has 0 fully saturated rings. The van der Waals surface area contributed by atoms with Crippen molar-refractivity contribution in [3.63, 3.8) is 0 Å². The van der Waals surface area contributed by atoms with Crippen molar-refractivity contribution in [2.24, 2.45) is 5.92 Å². The largest absolute Gasteiger partial charge is 0.481 e. The lowest BCUT2D eigenvalue weighted by atomic mass is 10.1. The molecule has 0 spiro atoms. The number of carbonyl (C=O) groups is 3. The quantitative estimate of drug-likeness (QED) is 0.425. The highest BCUT2D eigenvalue weighted by Gasteiger charge is 2.20. The summed E-state index contributed by atoms with van der Waals surface area (Å²) in [5.41, 5.74) is 8.12. The first-order chi connectivity index (χ1) is 10.8. The number of ether oxygens (including phenoxy) is 2. The molecular weight excluding hydrogens is 320 g/mol. The molecule has 24 heavy (non-hydrogen) atoms. The van der Waals surface area contributed by atoms with E-state index >= 15 is 0 Å². The summed E-state index contributed by atoms with van der Waals surface area (Å²) < 4.78 is 9.98. The number of amides is 2. The van der Waals surface area contributed by atoms with Crippen molar-refractivity contribution in [2.75, 3.05) is 13.1 Å². The van der Waals surface area contributed by atoms with Crippen molar-refractivity contribution < 1.29 is 29.0 Å². The molecule has 0 aromatic rings. The molecule has 10 heteroatoms. The molecule has 140 valence electrons. The van der Waals surface area contributed by atoms with Crippen LogP contribution in [0.5, 0.6) is 0 Å². The molecule has 0 aromatic carbocycles. The van der Waals surface area contributed by atoms with Gasteiger partial charge >= 0.3 is 18.2 Å². The lowest BCUT2D eigenvalue weighted by Gasteiger charge is -2.21. The third-order valence-electron chi connectivity index (χ3n) is 2.22. The standard InChI is InChI=1S/C14H28N4O6/c1-13(2,3)23-11(21)17-15-7-9(10(19)20)8-16-18-12(22)24-14(4,5)6/h9,15-16H,7-8H2,1-6H3,(H,17,21)(H,18,22)(H,19,20). The van der Waals surface area contributed by atoms with Gasteiger partial charge in [0.15, 0.2) is 0 Å². The predicted molar refractivity (Wildman–Crippen MR) is 85.9 cm³/mol. The molecule has 0 atom stereocenters. The molecule has 0 rings (SSSR count). The Kier molecular flexibility index (Phi) is 8.48. The van der Waals surface area contributed by atoms with Gasteiger partial charge in [-0.3, -0.25) is 15.6 Å². The fourth-order valence-electron chi connectivity index (χ4n) is 1.35. The van der Waals surface area contributed by atoms with Crippen LogP contribution in [0.2, 0.25) is 0 Å². The highest BCUT2D eigenvalue weighted by molar-refractivity contribution is 5.71. The molecule has 0 aliphatic carbocycles. The summed E-state index contributed by atoms with van der Waals surface area (Å²) in [4.78, 5) is 34.0. The van der Waals surface area contributed by atoms with Crippen LogP contribution in [0.4, 0.5) is 9.59 Å². The van der Waals surface area contributed by atoms with Crippen molar-refractivity contribution in [3.05, 3.63) is 0 Å². The molecule has 5 N–H and O–H groups in total. The summed E-state index contributed by atoms with van der Waals surface area (Å²) in [6.45, 7) is 10.1. The molecule has 0 saturated carbocycles. The van der Waals surface area contributed by atoms with Gasteiger partial charge in [-0.25, -0.2) is 20.4 Å². The van der Waals surface area contributed by atoms with Crippen molar-refractivity contribution >= 4 is 18.2 Å². The Morgan fingerprint density at radius 3 is 1.42 bits per heavy atom. The summed E-state index contributed by atoms with van der Waals surface area (Å²) in [6, 6.07) is 0. The minimum atomic E-state index is -1.10. The molecule has 0 aliphatic rings. The Morgan fingerprint density at radius 1 is 0.833 bits per heavy atom. The van der Waals surface area contributed by atoms with E-state index < -0.39 is 35.3 Å². The highest BCUT2D eigenvalue weighted by Crippen LogP contribution is 2.06. The van der Waals surface area contributed by atoms with Crippen LogP contribution in [0.1, 0.15) is 41.5 Å². The SMILES string of the molecule is CC(C)(C)OC(=O)NNCC(CNNC(=O)OC(C)(C)C)C(=O)O. The van der Waals surface area contributed by atoms with Crippen LogP contribution in [-0.2, 0) is 14.3 Å².